The Morgan fingerprint density at radius 1 is 1.69 bits per heavy atom. The molecule has 16 heavy (non-hydrogen) atoms. The summed E-state index contributed by atoms with van der Waals surface area (Å²) in [6.45, 7) is 2.83. The fraction of sp³-hybridized carbons (Fsp3) is 0.500. The topological polar surface area (TPSA) is 78.1 Å². The monoisotopic (exact) mass is 222 g/mol. The summed E-state index contributed by atoms with van der Waals surface area (Å²) in [6.07, 6.45) is 1.87. The lowest BCUT2D eigenvalue weighted by Gasteiger charge is -2.32. The number of amides is 2. The van der Waals surface area contributed by atoms with E-state index >= 15 is 0 Å². The predicted molar refractivity (Wildman–Crippen MR) is 56.5 cm³/mol. The van der Waals surface area contributed by atoms with Crippen molar-refractivity contribution in [3.8, 4) is 0 Å². The summed E-state index contributed by atoms with van der Waals surface area (Å²) in [4.78, 5) is 24.9. The van der Waals surface area contributed by atoms with Gasteiger partial charge in [-0.05, 0) is 13.0 Å². The number of aromatic amines is 1. The Balaban J connectivity index is 2.01. The molecule has 2 amide bonds. The quantitative estimate of drug-likeness (QED) is 0.694. The molecule has 0 saturated carbocycles. The van der Waals surface area contributed by atoms with E-state index in [4.69, 9.17) is 0 Å². The molecule has 1 fully saturated rings. The molecule has 1 aromatic heterocycles. The second-order valence-electron chi connectivity index (χ2n) is 3.81. The summed E-state index contributed by atoms with van der Waals surface area (Å²) >= 11 is 0. The summed E-state index contributed by atoms with van der Waals surface area (Å²) in [5, 5.41) is 9.24. The molecule has 1 saturated heterocycles. The minimum absolute atomic E-state index is 0.0494. The Hall–Kier alpha value is -1.85. The second-order valence-corrected chi connectivity index (χ2v) is 3.81. The Bertz CT molecular complexity index is 388. The van der Waals surface area contributed by atoms with Crippen LogP contribution in [0.4, 0.5) is 0 Å². The third-order valence-corrected chi connectivity index (χ3v) is 2.72. The van der Waals surface area contributed by atoms with Crippen molar-refractivity contribution in [1.29, 1.82) is 0 Å². The van der Waals surface area contributed by atoms with Gasteiger partial charge in [-0.25, -0.2) is 0 Å². The minimum Gasteiger partial charge on any atom is -0.353 e. The van der Waals surface area contributed by atoms with E-state index in [9.17, 15) is 9.59 Å². The number of hydrogen-bond acceptors (Lipinski definition) is 3. The standard InChI is InChI=1S/C10H14N4O2/c1-7-10(16)11-4-5-14(7)9(15)6-8-2-3-12-13-8/h2-3,7H,4-6H2,1H3,(H,11,16)(H,12,13). The minimum atomic E-state index is -0.385. The maximum absolute atomic E-state index is 11.9. The fourth-order valence-corrected chi connectivity index (χ4v) is 1.77. The van der Waals surface area contributed by atoms with Crippen LogP contribution < -0.4 is 5.32 Å². The van der Waals surface area contributed by atoms with Crippen molar-refractivity contribution in [2.24, 2.45) is 0 Å². The molecule has 2 N–H and O–H groups in total. The van der Waals surface area contributed by atoms with Gasteiger partial charge in [0.1, 0.15) is 6.04 Å². The van der Waals surface area contributed by atoms with Crippen molar-refractivity contribution >= 4 is 11.8 Å². The molecule has 86 valence electrons. The zero-order chi connectivity index (χ0) is 11.5. The molecule has 0 bridgehead atoms. The van der Waals surface area contributed by atoms with Gasteiger partial charge in [-0.1, -0.05) is 0 Å². The smallest absolute Gasteiger partial charge is 0.242 e. The fourth-order valence-electron chi connectivity index (χ4n) is 1.77. The molecule has 6 nitrogen and oxygen atoms in total. The van der Waals surface area contributed by atoms with Crippen LogP contribution in [-0.4, -0.2) is 46.0 Å². The van der Waals surface area contributed by atoms with Gasteiger partial charge in [-0.15, -0.1) is 0 Å². The number of piperazine rings is 1. The molecule has 0 radical (unpaired) electrons. The molecular formula is C10H14N4O2. The molecule has 1 unspecified atom stereocenters. The number of rotatable bonds is 2. The lowest BCUT2D eigenvalue weighted by molar-refractivity contribution is -0.142. The summed E-state index contributed by atoms with van der Waals surface area (Å²) < 4.78 is 0. The molecule has 0 aromatic carbocycles. The largest absolute Gasteiger partial charge is 0.353 e. The van der Waals surface area contributed by atoms with Crippen LogP contribution in [0.15, 0.2) is 12.3 Å². The normalized spacial score (nSPS) is 20.7. The Labute approximate surface area is 93.0 Å². The van der Waals surface area contributed by atoms with E-state index in [0.717, 1.165) is 5.69 Å². The number of aromatic nitrogens is 2. The average Bonchev–Trinajstić information content (AvgIpc) is 2.74. The highest BCUT2D eigenvalue weighted by atomic mass is 16.2. The van der Waals surface area contributed by atoms with Crippen molar-refractivity contribution in [3.05, 3.63) is 18.0 Å². The van der Waals surface area contributed by atoms with Crippen LogP contribution in [0.3, 0.4) is 0 Å². The first-order valence-electron chi connectivity index (χ1n) is 5.24. The Morgan fingerprint density at radius 2 is 2.50 bits per heavy atom. The zero-order valence-corrected chi connectivity index (χ0v) is 9.06. The highest BCUT2D eigenvalue weighted by Gasteiger charge is 2.29. The molecule has 6 heteroatoms. The number of nitrogens with zero attached hydrogens (tertiary/aromatic N) is 2. The molecule has 2 rings (SSSR count). The number of nitrogens with one attached hydrogen (secondary N) is 2. The number of carbonyl (C=O) groups is 2. The SMILES string of the molecule is CC1C(=O)NCCN1C(=O)Cc1ccn[nH]1. The predicted octanol–water partition coefficient (Wildman–Crippen LogP) is -0.701. The summed E-state index contributed by atoms with van der Waals surface area (Å²) in [5.41, 5.74) is 0.767. The van der Waals surface area contributed by atoms with Crippen molar-refractivity contribution in [2.75, 3.05) is 13.1 Å². The third kappa shape index (κ3) is 2.05. The van der Waals surface area contributed by atoms with Crippen LogP contribution in [0.5, 0.6) is 0 Å². The van der Waals surface area contributed by atoms with Crippen molar-refractivity contribution in [3.63, 3.8) is 0 Å². The second kappa shape index (κ2) is 4.34. The van der Waals surface area contributed by atoms with Gasteiger partial charge in [0.05, 0.1) is 6.42 Å². The van der Waals surface area contributed by atoms with Crippen LogP contribution in [-0.2, 0) is 16.0 Å². The first-order valence-corrected chi connectivity index (χ1v) is 5.24. The molecule has 1 aromatic rings. The average molecular weight is 222 g/mol. The van der Waals surface area contributed by atoms with Crippen LogP contribution >= 0.6 is 0 Å². The van der Waals surface area contributed by atoms with Crippen LogP contribution in [0.2, 0.25) is 0 Å². The van der Waals surface area contributed by atoms with Crippen molar-refractivity contribution in [1.82, 2.24) is 20.4 Å². The van der Waals surface area contributed by atoms with Gasteiger partial charge < -0.3 is 10.2 Å². The van der Waals surface area contributed by atoms with E-state index in [-0.39, 0.29) is 24.3 Å². The van der Waals surface area contributed by atoms with Crippen LogP contribution in [0.1, 0.15) is 12.6 Å². The third-order valence-electron chi connectivity index (χ3n) is 2.72. The molecule has 0 spiro atoms. The van der Waals surface area contributed by atoms with E-state index in [0.29, 0.717) is 13.1 Å². The first-order chi connectivity index (χ1) is 7.68. The summed E-state index contributed by atoms with van der Waals surface area (Å²) in [7, 11) is 0. The van der Waals surface area contributed by atoms with Crippen molar-refractivity contribution in [2.45, 2.75) is 19.4 Å². The maximum atomic E-state index is 11.9. The van der Waals surface area contributed by atoms with Gasteiger partial charge in [0.2, 0.25) is 11.8 Å². The molecule has 0 aliphatic carbocycles. The molecule has 1 aliphatic heterocycles. The Morgan fingerprint density at radius 3 is 3.19 bits per heavy atom. The van der Waals surface area contributed by atoms with Gasteiger partial charge in [-0.2, -0.15) is 5.10 Å². The first kappa shape index (κ1) is 10.7. The van der Waals surface area contributed by atoms with Crippen LogP contribution in [0.25, 0.3) is 0 Å². The van der Waals surface area contributed by atoms with Gasteiger partial charge >= 0.3 is 0 Å². The molecule has 1 atom stereocenters. The van der Waals surface area contributed by atoms with Gasteiger partial charge in [0.15, 0.2) is 0 Å². The van der Waals surface area contributed by atoms with E-state index in [1.165, 1.54) is 0 Å². The number of hydrogen-bond donors (Lipinski definition) is 2. The lowest BCUT2D eigenvalue weighted by atomic mass is 10.1. The summed E-state index contributed by atoms with van der Waals surface area (Å²) in [5.74, 6) is -0.143. The van der Waals surface area contributed by atoms with Gasteiger partial charge in [-0.3, -0.25) is 14.7 Å². The molecule has 2 heterocycles. The number of H-pyrrole nitrogens is 1. The van der Waals surface area contributed by atoms with E-state index < -0.39 is 0 Å². The van der Waals surface area contributed by atoms with E-state index in [1.54, 1.807) is 24.1 Å². The van der Waals surface area contributed by atoms with Crippen LogP contribution in [0, 0.1) is 0 Å². The highest BCUT2D eigenvalue weighted by Crippen LogP contribution is 2.07. The van der Waals surface area contributed by atoms with E-state index in [1.807, 2.05) is 0 Å². The van der Waals surface area contributed by atoms with E-state index in [2.05, 4.69) is 15.5 Å². The Kier molecular flexibility index (Phi) is 2.89. The zero-order valence-electron chi connectivity index (χ0n) is 9.06. The van der Waals surface area contributed by atoms with Gasteiger partial charge in [0.25, 0.3) is 0 Å². The highest BCUT2D eigenvalue weighted by molar-refractivity contribution is 5.89. The number of carbonyl (C=O) groups excluding carboxylic acids is 2. The molecule has 1 aliphatic rings. The summed E-state index contributed by atoms with van der Waals surface area (Å²) in [6, 6.07) is 1.37. The maximum Gasteiger partial charge on any atom is 0.242 e. The molecular weight excluding hydrogens is 208 g/mol. The lowest BCUT2D eigenvalue weighted by Crippen LogP contribution is -2.56. The van der Waals surface area contributed by atoms with Gasteiger partial charge in [0, 0.05) is 25.0 Å². The van der Waals surface area contributed by atoms with Crippen molar-refractivity contribution < 1.29 is 9.59 Å².